The summed E-state index contributed by atoms with van der Waals surface area (Å²) < 4.78 is 18.5. The summed E-state index contributed by atoms with van der Waals surface area (Å²) in [5.74, 6) is -1.53. The quantitative estimate of drug-likeness (QED) is 0.530. The summed E-state index contributed by atoms with van der Waals surface area (Å²) in [5, 5.41) is 0. The van der Waals surface area contributed by atoms with Crippen LogP contribution in [0.15, 0.2) is 15.5 Å². The number of nitrogens with zero attached hydrogens (tertiary/aromatic N) is 1. The molecule has 0 spiro atoms. The van der Waals surface area contributed by atoms with Crippen LogP contribution in [-0.2, 0) is 4.74 Å². The number of carbonyl (C=O) groups is 1. The second-order valence-electron chi connectivity index (χ2n) is 3.16. The molecule has 17 heavy (non-hydrogen) atoms. The molecule has 4 nitrogen and oxygen atoms in total. The van der Waals surface area contributed by atoms with Crippen molar-refractivity contribution in [2.75, 3.05) is 19.4 Å². The van der Waals surface area contributed by atoms with Gasteiger partial charge in [0.2, 0.25) is 0 Å². The number of hydrogen-bond donors (Lipinski definition) is 1. The third kappa shape index (κ3) is 2.82. The minimum atomic E-state index is -0.807. The van der Waals surface area contributed by atoms with Gasteiger partial charge in [-0.2, -0.15) is 0 Å². The average Bonchev–Trinajstić information content (AvgIpc) is 2.28. The summed E-state index contributed by atoms with van der Waals surface area (Å²) in [6.45, 7) is 2.42. The molecule has 0 saturated heterocycles. The normalized spacial score (nSPS) is 10.8. The fourth-order valence-corrected chi connectivity index (χ4v) is 1.79. The zero-order valence-electron chi connectivity index (χ0n) is 9.46. The van der Waals surface area contributed by atoms with E-state index in [0.29, 0.717) is 16.6 Å². The Morgan fingerprint density at radius 1 is 1.71 bits per heavy atom. The molecule has 1 aromatic rings. The first-order valence-corrected chi connectivity index (χ1v) is 5.67. The van der Waals surface area contributed by atoms with Gasteiger partial charge < -0.3 is 10.5 Å². The zero-order chi connectivity index (χ0) is 13.0. The first kappa shape index (κ1) is 13.6. The van der Waals surface area contributed by atoms with Crippen molar-refractivity contribution in [3.8, 4) is 0 Å². The van der Waals surface area contributed by atoms with Crippen molar-refractivity contribution in [1.82, 2.24) is 0 Å². The van der Waals surface area contributed by atoms with E-state index in [1.807, 2.05) is 6.92 Å². The van der Waals surface area contributed by atoms with E-state index in [9.17, 15) is 9.18 Å². The van der Waals surface area contributed by atoms with Crippen LogP contribution in [0.25, 0.3) is 0 Å². The second-order valence-corrected chi connectivity index (χ2v) is 4.02. The van der Waals surface area contributed by atoms with Crippen LogP contribution < -0.4 is 5.73 Å². The van der Waals surface area contributed by atoms with Crippen LogP contribution in [0.3, 0.4) is 0 Å². The van der Waals surface area contributed by atoms with Crippen molar-refractivity contribution < 1.29 is 13.9 Å². The lowest BCUT2D eigenvalue weighted by Crippen LogP contribution is -2.11. The molecule has 0 unspecified atom stereocenters. The number of ether oxygens (including phenoxy) is 1. The van der Waals surface area contributed by atoms with Gasteiger partial charge >= 0.3 is 5.97 Å². The lowest BCUT2D eigenvalue weighted by molar-refractivity contribution is 0.0597. The Bertz CT molecular complexity index is 475. The topological polar surface area (TPSA) is 64.7 Å². The van der Waals surface area contributed by atoms with E-state index in [0.717, 1.165) is 0 Å². The highest BCUT2D eigenvalue weighted by atomic mass is 79.9. The Labute approximate surface area is 107 Å². The number of aliphatic imine (C=N–C) groups is 1. The maximum Gasteiger partial charge on any atom is 0.342 e. The minimum absolute atomic E-state index is 0.0147. The molecule has 0 bridgehead atoms. The van der Waals surface area contributed by atoms with E-state index in [-0.39, 0.29) is 11.3 Å². The van der Waals surface area contributed by atoms with Gasteiger partial charge in [-0.1, -0.05) is 0 Å². The molecule has 0 fully saturated rings. The Morgan fingerprint density at radius 3 is 2.88 bits per heavy atom. The van der Waals surface area contributed by atoms with Gasteiger partial charge in [0, 0.05) is 22.8 Å². The fourth-order valence-electron chi connectivity index (χ4n) is 1.28. The van der Waals surface area contributed by atoms with Crippen molar-refractivity contribution in [1.29, 1.82) is 0 Å². The van der Waals surface area contributed by atoms with E-state index >= 15 is 0 Å². The molecule has 0 atom stereocenters. The third-order valence-corrected chi connectivity index (χ3v) is 2.76. The summed E-state index contributed by atoms with van der Waals surface area (Å²) in [6.07, 6.45) is 1.49. The summed E-state index contributed by atoms with van der Waals surface area (Å²) in [6, 6.07) is 1.17. The molecule has 0 aliphatic rings. The van der Waals surface area contributed by atoms with Crippen LogP contribution in [-0.4, -0.2) is 25.8 Å². The molecule has 0 amide bonds. The lowest BCUT2D eigenvalue weighted by Gasteiger charge is -2.09. The molecule has 0 saturated carbocycles. The highest BCUT2D eigenvalue weighted by molar-refractivity contribution is 9.10. The van der Waals surface area contributed by atoms with Crippen molar-refractivity contribution >= 4 is 33.8 Å². The number of nitrogens with two attached hydrogens (primary N) is 1. The maximum absolute atomic E-state index is 13.6. The predicted molar refractivity (Wildman–Crippen MR) is 68.0 cm³/mol. The van der Waals surface area contributed by atoms with Crippen LogP contribution in [0.4, 0.5) is 10.1 Å². The van der Waals surface area contributed by atoms with Gasteiger partial charge in [-0.05, 0) is 28.9 Å². The van der Waals surface area contributed by atoms with Crippen molar-refractivity contribution in [3.05, 3.63) is 27.5 Å². The second kappa shape index (κ2) is 5.77. The number of nitrogen functional groups attached to an aromatic ring is 1. The number of hydrogen-bond acceptors (Lipinski definition) is 4. The van der Waals surface area contributed by atoms with E-state index in [4.69, 9.17) is 5.73 Å². The fraction of sp³-hybridized carbons (Fsp3) is 0.273. The Balaban J connectivity index is 3.42. The smallest absolute Gasteiger partial charge is 0.342 e. The molecule has 92 valence electrons. The largest absolute Gasteiger partial charge is 0.465 e. The van der Waals surface area contributed by atoms with Gasteiger partial charge in [0.05, 0.1) is 12.8 Å². The van der Waals surface area contributed by atoms with Crippen LogP contribution in [0, 0.1) is 5.82 Å². The number of methoxy groups -OCH3 is 1. The molecule has 6 heteroatoms. The molecular formula is C11H12BrFN2O2. The molecular weight excluding hydrogens is 291 g/mol. The van der Waals surface area contributed by atoms with Gasteiger partial charge in [0.15, 0.2) is 0 Å². The molecule has 0 aliphatic heterocycles. The van der Waals surface area contributed by atoms with E-state index in [1.54, 1.807) is 0 Å². The molecule has 1 aromatic carbocycles. The molecule has 1 rings (SSSR count). The van der Waals surface area contributed by atoms with Crippen molar-refractivity contribution in [2.45, 2.75) is 6.92 Å². The molecule has 0 aliphatic carbocycles. The van der Waals surface area contributed by atoms with Crippen LogP contribution in [0.2, 0.25) is 0 Å². The number of halogens is 2. The number of carbonyl (C=O) groups excluding carboxylic acids is 1. The SMILES string of the molecule is CCN=Cc1c(Br)cc(F)c(C(=O)OC)c1N. The molecule has 0 radical (unpaired) electrons. The summed E-state index contributed by atoms with van der Waals surface area (Å²) in [4.78, 5) is 15.4. The molecule has 0 aromatic heterocycles. The van der Waals surface area contributed by atoms with Crippen LogP contribution in [0.5, 0.6) is 0 Å². The highest BCUT2D eigenvalue weighted by Gasteiger charge is 2.20. The van der Waals surface area contributed by atoms with Crippen molar-refractivity contribution in [2.24, 2.45) is 4.99 Å². The predicted octanol–water partition coefficient (Wildman–Crippen LogP) is 2.40. The van der Waals surface area contributed by atoms with Crippen LogP contribution >= 0.6 is 15.9 Å². The number of anilines is 1. The monoisotopic (exact) mass is 302 g/mol. The first-order chi connectivity index (χ1) is 8.02. The highest BCUT2D eigenvalue weighted by Crippen LogP contribution is 2.28. The average molecular weight is 303 g/mol. The Hall–Kier alpha value is -1.43. The van der Waals surface area contributed by atoms with Crippen molar-refractivity contribution in [3.63, 3.8) is 0 Å². The molecule has 0 heterocycles. The van der Waals surface area contributed by atoms with E-state index < -0.39 is 11.8 Å². The molecule has 2 N–H and O–H groups in total. The first-order valence-electron chi connectivity index (χ1n) is 4.88. The lowest BCUT2D eigenvalue weighted by atomic mass is 10.1. The van der Waals surface area contributed by atoms with E-state index in [2.05, 4.69) is 25.7 Å². The number of esters is 1. The van der Waals surface area contributed by atoms with Gasteiger partial charge in [0.25, 0.3) is 0 Å². The van der Waals surface area contributed by atoms with Crippen LogP contribution in [0.1, 0.15) is 22.8 Å². The number of benzene rings is 1. The minimum Gasteiger partial charge on any atom is -0.465 e. The summed E-state index contributed by atoms with van der Waals surface area (Å²) >= 11 is 3.17. The van der Waals surface area contributed by atoms with Gasteiger partial charge in [-0.25, -0.2) is 9.18 Å². The summed E-state index contributed by atoms with van der Waals surface area (Å²) in [5.41, 5.74) is 5.95. The number of rotatable bonds is 3. The van der Waals surface area contributed by atoms with Gasteiger partial charge in [-0.15, -0.1) is 0 Å². The van der Waals surface area contributed by atoms with E-state index in [1.165, 1.54) is 19.4 Å². The Kier molecular flexibility index (Phi) is 4.62. The van der Waals surface area contributed by atoms with Gasteiger partial charge in [-0.3, -0.25) is 4.99 Å². The standard InChI is InChI=1S/C11H12BrFN2O2/c1-3-15-5-6-7(12)4-8(13)9(10(6)14)11(16)17-2/h4-5H,3,14H2,1-2H3. The van der Waals surface area contributed by atoms with Gasteiger partial charge in [0.1, 0.15) is 11.4 Å². The zero-order valence-corrected chi connectivity index (χ0v) is 11.0. The summed E-state index contributed by atoms with van der Waals surface area (Å²) in [7, 11) is 1.17. The maximum atomic E-state index is 13.6. The Morgan fingerprint density at radius 2 is 2.35 bits per heavy atom. The third-order valence-electron chi connectivity index (χ3n) is 2.10.